The third-order valence-electron chi connectivity index (χ3n) is 4.27. The van der Waals surface area contributed by atoms with Crippen LogP contribution in [0.4, 0.5) is 32.0 Å². The molecule has 0 bridgehead atoms. The Morgan fingerprint density at radius 2 is 1.72 bits per heavy atom. The normalized spacial score (nSPS) is 11.2. The largest absolute Gasteiger partial charge is 0.464 e. The predicted octanol–water partition coefficient (Wildman–Crippen LogP) is 4.95. The maximum atomic E-state index is 14.3. The molecule has 0 fully saturated rings. The zero-order chi connectivity index (χ0) is 23.8. The Hall–Kier alpha value is -4.14. The van der Waals surface area contributed by atoms with E-state index in [1.165, 1.54) is 0 Å². The number of nitrogen functional groups attached to an aromatic ring is 1. The van der Waals surface area contributed by atoms with Gasteiger partial charge in [-0.15, -0.1) is 0 Å². The summed E-state index contributed by atoms with van der Waals surface area (Å²) < 4.78 is 91.1. The van der Waals surface area contributed by atoms with Crippen molar-refractivity contribution in [2.45, 2.75) is 6.18 Å². The zero-order valence-corrected chi connectivity index (χ0v) is 15.9. The Morgan fingerprint density at radius 1 is 1.09 bits per heavy atom. The summed E-state index contributed by atoms with van der Waals surface area (Å²) in [6.07, 6.45) is -3.87. The Kier molecular flexibility index (Phi) is 5.76. The molecule has 1 heterocycles. The number of alkyl halides is 3. The van der Waals surface area contributed by atoms with E-state index in [0.717, 1.165) is 36.1 Å². The second-order valence-corrected chi connectivity index (χ2v) is 6.26. The van der Waals surface area contributed by atoms with Crippen molar-refractivity contribution in [3.63, 3.8) is 0 Å². The quantitative estimate of drug-likeness (QED) is 0.444. The molecule has 3 rings (SSSR count). The fraction of sp³-hybridized carbons (Fsp3) is 0.100. The van der Waals surface area contributed by atoms with Crippen molar-refractivity contribution >= 4 is 11.7 Å². The number of nitrogens with zero attached hydrogens (tertiary/aromatic N) is 2. The Balaban J connectivity index is 2.10. The minimum Gasteiger partial charge on any atom is -0.464 e. The van der Waals surface area contributed by atoms with Gasteiger partial charge in [0.2, 0.25) is 0 Å². The van der Waals surface area contributed by atoms with Crippen LogP contribution in [-0.4, -0.2) is 17.6 Å². The van der Waals surface area contributed by atoms with E-state index in [2.05, 4.69) is 4.74 Å². The van der Waals surface area contributed by atoms with Gasteiger partial charge in [0.05, 0.1) is 23.9 Å². The number of carbonyl (C=O) groups excluding carboxylic acids is 1. The minimum atomic E-state index is -5.01. The number of nitriles is 1. The van der Waals surface area contributed by atoms with Crippen molar-refractivity contribution in [1.29, 1.82) is 5.26 Å². The fourth-order valence-electron chi connectivity index (χ4n) is 2.77. The molecule has 0 unspecified atom stereocenters. The Bertz CT molecular complexity index is 1240. The number of rotatable bonds is 4. The molecule has 2 aromatic carbocycles. The second-order valence-electron chi connectivity index (χ2n) is 6.26. The molecule has 0 radical (unpaired) electrons. The third kappa shape index (κ3) is 4.04. The van der Waals surface area contributed by atoms with Crippen molar-refractivity contribution in [3.05, 3.63) is 70.8 Å². The summed E-state index contributed by atoms with van der Waals surface area (Å²) in [5.74, 6) is -7.53. The topological polar surface area (TPSA) is 90.3 Å². The lowest BCUT2D eigenvalue weighted by Crippen LogP contribution is -2.11. The van der Waals surface area contributed by atoms with Gasteiger partial charge < -0.3 is 19.8 Å². The number of hydrogen-bond donors (Lipinski definition) is 1. The summed E-state index contributed by atoms with van der Waals surface area (Å²) in [6, 6.07) is 4.60. The first-order valence-electron chi connectivity index (χ1n) is 8.51. The average Bonchev–Trinajstić information content (AvgIpc) is 3.06. The van der Waals surface area contributed by atoms with E-state index in [4.69, 9.17) is 15.7 Å². The molecule has 0 atom stereocenters. The summed E-state index contributed by atoms with van der Waals surface area (Å²) in [5.41, 5.74) is 3.52. The van der Waals surface area contributed by atoms with Crippen molar-refractivity contribution in [2.75, 3.05) is 12.8 Å². The van der Waals surface area contributed by atoms with E-state index in [1.54, 1.807) is 6.07 Å². The standard InChI is InChI=1S/C20H11F6N3O3/c1-31-19(30)17-16(28)9(7-27)8-29(17)11-2-3-12(21)15(6-11)32-18-13(22)4-10(5-14(18)23)20(24,25)26/h2-6,8H,28H2,1H3. The molecule has 0 saturated heterocycles. The number of aromatic nitrogens is 1. The lowest BCUT2D eigenvalue weighted by molar-refractivity contribution is -0.138. The molecular formula is C20H11F6N3O3. The fourth-order valence-corrected chi connectivity index (χ4v) is 2.77. The molecule has 2 N–H and O–H groups in total. The summed E-state index contributed by atoms with van der Waals surface area (Å²) in [7, 11) is 1.06. The van der Waals surface area contributed by atoms with Crippen LogP contribution >= 0.6 is 0 Å². The number of halogens is 6. The first-order chi connectivity index (χ1) is 15.0. The van der Waals surface area contributed by atoms with Gasteiger partial charge in [0.25, 0.3) is 0 Å². The molecule has 166 valence electrons. The van der Waals surface area contributed by atoms with Gasteiger partial charge in [0.1, 0.15) is 6.07 Å². The maximum absolute atomic E-state index is 14.3. The number of hydrogen-bond acceptors (Lipinski definition) is 5. The smallest absolute Gasteiger partial charge is 0.416 e. The average molecular weight is 455 g/mol. The van der Waals surface area contributed by atoms with E-state index < -0.39 is 46.7 Å². The number of carbonyl (C=O) groups is 1. The number of anilines is 1. The van der Waals surface area contributed by atoms with Gasteiger partial charge >= 0.3 is 12.1 Å². The monoisotopic (exact) mass is 455 g/mol. The number of benzene rings is 2. The first kappa shape index (κ1) is 22.5. The maximum Gasteiger partial charge on any atom is 0.416 e. The first-order valence-corrected chi connectivity index (χ1v) is 8.51. The van der Waals surface area contributed by atoms with Crippen LogP contribution in [0.2, 0.25) is 0 Å². The molecule has 0 aliphatic carbocycles. The van der Waals surface area contributed by atoms with Gasteiger partial charge in [-0.3, -0.25) is 0 Å². The molecular weight excluding hydrogens is 444 g/mol. The predicted molar refractivity (Wildman–Crippen MR) is 97.6 cm³/mol. The van der Waals surface area contributed by atoms with E-state index in [1.807, 2.05) is 0 Å². The highest BCUT2D eigenvalue weighted by Crippen LogP contribution is 2.37. The van der Waals surface area contributed by atoms with Crippen LogP contribution in [0.5, 0.6) is 11.5 Å². The summed E-state index contributed by atoms with van der Waals surface area (Å²) in [6.45, 7) is 0. The second kappa shape index (κ2) is 8.18. The van der Waals surface area contributed by atoms with Gasteiger partial charge in [0, 0.05) is 18.0 Å². The van der Waals surface area contributed by atoms with E-state index >= 15 is 0 Å². The van der Waals surface area contributed by atoms with E-state index in [-0.39, 0.29) is 34.8 Å². The highest BCUT2D eigenvalue weighted by molar-refractivity contribution is 5.96. The molecule has 0 spiro atoms. The highest BCUT2D eigenvalue weighted by Gasteiger charge is 2.33. The molecule has 0 amide bonds. The number of methoxy groups -OCH3 is 1. The molecule has 32 heavy (non-hydrogen) atoms. The SMILES string of the molecule is COC(=O)c1c(N)c(C#N)cn1-c1ccc(F)c(Oc2c(F)cc(C(F)(F)F)cc2F)c1. The molecule has 3 aromatic rings. The van der Waals surface area contributed by atoms with Crippen LogP contribution in [0.25, 0.3) is 5.69 Å². The van der Waals surface area contributed by atoms with Crippen molar-refractivity contribution in [3.8, 4) is 23.3 Å². The number of esters is 1. The van der Waals surface area contributed by atoms with Crippen LogP contribution in [0.1, 0.15) is 21.6 Å². The summed E-state index contributed by atoms with van der Waals surface area (Å²) >= 11 is 0. The van der Waals surface area contributed by atoms with Gasteiger partial charge in [0.15, 0.2) is 34.6 Å². The van der Waals surface area contributed by atoms with Crippen LogP contribution in [0.3, 0.4) is 0 Å². The highest BCUT2D eigenvalue weighted by atomic mass is 19.4. The molecule has 0 aliphatic heterocycles. The number of nitrogens with two attached hydrogens (primary N) is 1. The van der Waals surface area contributed by atoms with Gasteiger partial charge in [-0.05, 0) is 24.3 Å². The van der Waals surface area contributed by atoms with Crippen LogP contribution in [-0.2, 0) is 10.9 Å². The summed E-state index contributed by atoms with van der Waals surface area (Å²) in [5, 5.41) is 9.15. The molecule has 0 aliphatic rings. The van der Waals surface area contributed by atoms with Gasteiger partial charge in [-0.25, -0.2) is 18.0 Å². The Labute approximate surface area is 176 Å². The lowest BCUT2D eigenvalue weighted by Gasteiger charge is -2.14. The lowest BCUT2D eigenvalue weighted by atomic mass is 10.2. The van der Waals surface area contributed by atoms with Gasteiger partial charge in [-0.1, -0.05) is 0 Å². The Morgan fingerprint density at radius 3 is 2.25 bits per heavy atom. The molecule has 1 aromatic heterocycles. The van der Waals surface area contributed by atoms with Crippen LogP contribution in [0, 0.1) is 28.8 Å². The molecule has 12 heteroatoms. The zero-order valence-electron chi connectivity index (χ0n) is 15.9. The van der Waals surface area contributed by atoms with Gasteiger partial charge in [-0.2, -0.15) is 18.4 Å². The van der Waals surface area contributed by atoms with Crippen molar-refractivity contribution in [2.24, 2.45) is 0 Å². The third-order valence-corrected chi connectivity index (χ3v) is 4.27. The minimum absolute atomic E-state index is 0.00136. The van der Waals surface area contributed by atoms with Crippen LogP contribution < -0.4 is 10.5 Å². The molecule has 0 saturated carbocycles. The van der Waals surface area contributed by atoms with E-state index in [0.29, 0.717) is 0 Å². The van der Waals surface area contributed by atoms with E-state index in [9.17, 15) is 31.1 Å². The van der Waals surface area contributed by atoms with Crippen molar-refractivity contribution in [1.82, 2.24) is 4.57 Å². The molecule has 6 nitrogen and oxygen atoms in total. The van der Waals surface area contributed by atoms with Crippen LogP contribution in [0.15, 0.2) is 36.5 Å². The summed E-state index contributed by atoms with van der Waals surface area (Å²) in [4.78, 5) is 12.1. The number of ether oxygens (including phenoxy) is 2. The van der Waals surface area contributed by atoms with Crippen molar-refractivity contribution < 1.29 is 40.6 Å².